The molecule has 1 aliphatic heterocycles. The first-order valence-electron chi connectivity index (χ1n) is 8.09. The van der Waals surface area contributed by atoms with Gasteiger partial charge in [-0.3, -0.25) is 0 Å². The first-order chi connectivity index (χ1) is 11.7. The van der Waals surface area contributed by atoms with Crippen LogP contribution in [0.25, 0.3) is 11.0 Å². The summed E-state index contributed by atoms with van der Waals surface area (Å²) in [6.07, 6.45) is 4.25. The lowest BCUT2D eigenvalue weighted by Gasteiger charge is -2.18. The summed E-state index contributed by atoms with van der Waals surface area (Å²) in [6.45, 7) is 2.73. The Kier molecular flexibility index (Phi) is 3.45. The summed E-state index contributed by atoms with van der Waals surface area (Å²) < 4.78 is 1.88. The molecule has 0 aliphatic carbocycles. The molecule has 0 atom stereocenters. The van der Waals surface area contributed by atoms with Gasteiger partial charge in [-0.1, -0.05) is 30.1 Å². The van der Waals surface area contributed by atoms with E-state index in [0.29, 0.717) is 12.4 Å². The maximum absolute atomic E-state index is 9.11. The van der Waals surface area contributed by atoms with Gasteiger partial charge in [0.05, 0.1) is 17.6 Å². The highest BCUT2D eigenvalue weighted by Crippen LogP contribution is 2.24. The number of nitrogen functional groups attached to an aromatic ring is 1. The fourth-order valence-corrected chi connectivity index (χ4v) is 3.51. The van der Waals surface area contributed by atoms with Crippen molar-refractivity contribution in [3.05, 3.63) is 46.9 Å². The van der Waals surface area contributed by atoms with Gasteiger partial charge in [-0.15, -0.1) is 0 Å². The molecule has 24 heavy (non-hydrogen) atoms. The summed E-state index contributed by atoms with van der Waals surface area (Å²) in [5.41, 5.74) is 11.4. The minimum absolute atomic E-state index is 0.153. The van der Waals surface area contributed by atoms with Gasteiger partial charge in [-0.2, -0.15) is 5.10 Å². The third-order valence-electron chi connectivity index (χ3n) is 4.75. The maximum atomic E-state index is 9.11. The van der Waals surface area contributed by atoms with Crippen molar-refractivity contribution in [2.45, 2.75) is 32.5 Å². The van der Waals surface area contributed by atoms with Gasteiger partial charge in [0.1, 0.15) is 12.1 Å². The van der Waals surface area contributed by atoms with E-state index in [1.165, 1.54) is 23.0 Å². The number of hydrogen-bond acceptors (Lipinski definition) is 5. The van der Waals surface area contributed by atoms with Crippen LogP contribution in [0.2, 0.25) is 6.32 Å². The molecule has 0 saturated carbocycles. The predicted octanol–water partition coefficient (Wildman–Crippen LogP) is 1.96. The molecule has 3 aromatic rings. The van der Waals surface area contributed by atoms with Gasteiger partial charge in [0.25, 0.3) is 6.71 Å². The van der Waals surface area contributed by atoms with Crippen LogP contribution >= 0.6 is 0 Å². The number of rotatable bonds is 2. The highest BCUT2D eigenvalue weighted by Gasteiger charge is 2.22. The molecule has 2 aromatic heterocycles. The van der Waals surface area contributed by atoms with E-state index in [4.69, 9.17) is 11.0 Å². The Morgan fingerprint density at radius 2 is 2.21 bits per heavy atom. The molecular weight excluding hydrogens is 299 g/mol. The molecular formula is C17H17BN6. The standard InChI is InChI=1S/C17H17BN6/c1-11-15-16(20)21-10-22-17(15)24(23-11)8-12-2-3-14-7-18(9-19)5-4-13(14)6-12/h2-3,6,10H,4-5,7-8H2,1H3,(H2,20,21,22). The molecule has 3 heterocycles. The summed E-state index contributed by atoms with van der Waals surface area (Å²) in [4.78, 5) is 8.39. The molecule has 0 unspecified atom stereocenters. The van der Waals surface area contributed by atoms with Gasteiger partial charge in [0, 0.05) is 5.97 Å². The van der Waals surface area contributed by atoms with Crippen LogP contribution in [0.3, 0.4) is 0 Å². The Balaban J connectivity index is 1.68. The zero-order valence-corrected chi connectivity index (χ0v) is 13.5. The second-order valence-corrected chi connectivity index (χ2v) is 6.37. The monoisotopic (exact) mass is 316 g/mol. The van der Waals surface area contributed by atoms with E-state index in [2.05, 4.69) is 39.2 Å². The van der Waals surface area contributed by atoms with Crippen LogP contribution in [-0.2, 0) is 19.3 Å². The Hall–Kier alpha value is -2.88. The van der Waals surface area contributed by atoms with Gasteiger partial charge < -0.3 is 5.73 Å². The molecule has 2 N–H and O–H groups in total. The number of fused-ring (bicyclic) bond motifs is 2. The van der Waals surface area contributed by atoms with Crippen molar-refractivity contribution < 1.29 is 0 Å². The summed E-state index contributed by atoms with van der Waals surface area (Å²) in [6, 6.07) is 6.50. The molecule has 0 bridgehead atoms. The molecule has 1 aliphatic rings. The normalized spacial score (nSPS) is 13.8. The zero-order chi connectivity index (χ0) is 16.7. The van der Waals surface area contributed by atoms with Crippen molar-refractivity contribution in [1.82, 2.24) is 19.7 Å². The smallest absolute Gasteiger partial charge is 0.272 e. The van der Waals surface area contributed by atoms with Gasteiger partial charge >= 0.3 is 0 Å². The van der Waals surface area contributed by atoms with Crippen LogP contribution in [-0.4, -0.2) is 26.5 Å². The number of benzene rings is 1. The van der Waals surface area contributed by atoms with Crippen molar-refractivity contribution in [2.75, 3.05) is 5.73 Å². The number of nitrogens with two attached hydrogens (primary N) is 1. The quantitative estimate of drug-likeness (QED) is 0.729. The van der Waals surface area contributed by atoms with E-state index < -0.39 is 0 Å². The molecule has 1 aromatic carbocycles. The van der Waals surface area contributed by atoms with Gasteiger partial charge in [0.15, 0.2) is 5.65 Å². The number of nitriles is 1. The van der Waals surface area contributed by atoms with E-state index in [1.54, 1.807) is 0 Å². The van der Waals surface area contributed by atoms with Gasteiger partial charge in [0.2, 0.25) is 0 Å². The number of hydrogen-bond donors (Lipinski definition) is 1. The first-order valence-corrected chi connectivity index (χ1v) is 8.09. The average molecular weight is 316 g/mol. The molecule has 6 nitrogen and oxygen atoms in total. The summed E-state index contributed by atoms with van der Waals surface area (Å²) in [5, 5.41) is 14.5. The van der Waals surface area contributed by atoms with Crippen molar-refractivity contribution in [3.8, 4) is 5.97 Å². The SMILES string of the molecule is Cc1nn(Cc2ccc3c(c2)CCB(C#N)C3)c2ncnc(N)c12. The molecule has 0 radical (unpaired) electrons. The van der Waals surface area contributed by atoms with E-state index >= 15 is 0 Å². The Bertz CT molecular complexity index is 971. The summed E-state index contributed by atoms with van der Waals surface area (Å²) in [7, 11) is 0. The molecule has 118 valence electrons. The average Bonchev–Trinajstić information content (AvgIpc) is 2.91. The fraction of sp³-hybridized carbons (Fsp3) is 0.294. The third-order valence-corrected chi connectivity index (χ3v) is 4.75. The van der Waals surface area contributed by atoms with Crippen LogP contribution in [0.4, 0.5) is 5.82 Å². The fourth-order valence-electron chi connectivity index (χ4n) is 3.51. The maximum Gasteiger partial charge on any atom is 0.272 e. The minimum atomic E-state index is 0.153. The molecule has 4 rings (SSSR count). The Morgan fingerprint density at radius 1 is 1.33 bits per heavy atom. The lowest BCUT2D eigenvalue weighted by atomic mass is 9.42. The lowest BCUT2D eigenvalue weighted by molar-refractivity contribution is 0.694. The minimum Gasteiger partial charge on any atom is -0.383 e. The number of aromatic nitrogens is 4. The number of aryl methyl sites for hydroxylation is 2. The van der Waals surface area contributed by atoms with Crippen molar-refractivity contribution in [2.24, 2.45) is 0 Å². The molecule has 0 saturated heterocycles. The van der Waals surface area contributed by atoms with Crippen LogP contribution in [0.5, 0.6) is 0 Å². The van der Waals surface area contributed by atoms with Crippen LogP contribution in [0, 0.1) is 18.2 Å². The molecule has 0 fully saturated rings. The second-order valence-electron chi connectivity index (χ2n) is 6.37. The van der Waals surface area contributed by atoms with Crippen molar-refractivity contribution >= 4 is 23.6 Å². The summed E-state index contributed by atoms with van der Waals surface area (Å²) >= 11 is 0. The highest BCUT2D eigenvalue weighted by atomic mass is 15.3. The molecule has 7 heteroatoms. The molecule has 0 amide bonds. The van der Waals surface area contributed by atoms with E-state index in [-0.39, 0.29) is 6.71 Å². The Morgan fingerprint density at radius 3 is 3.04 bits per heavy atom. The highest BCUT2D eigenvalue weighted by molar-refractivity contribution is 6.66. The topological polar surface area (TPSA) is 93.4 Å². The van der Waals surface area contributed by atoms with Crippen LogP contribution < -0.4 is 5.73 Å². The Labute approximate surface area is 140 Å². The van der Waals surface area contributed by atoms with E-state index in [9.17, 15) is 0 Å². The van der Waals surface area contributed by atoms with E-state index in [1.807, 2.05) is 11.6 Å². The molecule has 0 spiro atoms. The van der Waals surface area contributed by atoms with Crippen LogP contribution in [0.15, 0.2) is 24.5 Å². The zero-order valence-electron chi connectivity index (χ0n) is 13.5. The van der Waals surface area contributed by atoms with Gasteiger partial charge in [-0.05, 0) is 30.8 Å². The number of nitrogens with zero attached hydrogens (tertiary/aromatic N) is 5. The first kappa shape index (κ1) is 14.7. The van der Waals surface area contributed by atoms with E-state index in [0.717, 1.165) is 35.8 Å². The number of anilines is 1. The van der Waals surface area contributed by atoms with Gasteiger partial charge in [-0.25, -0.2) is 19.9 Å². The van der Waals surface area contributed by atoms with Crippen molar-refractivity contribution in [3.63, 3.8) is 0 Å². The lowest BCUT2D eigenvalue weighted by Crippen LogP contribution is -2.22. The van der Waals surface area contributed by atoms with Crippen LogP contribution in [0.1, 0.15) is 22.4 Å². The predicted molar refractivity (Wildman–Crippen MR) is 93.6 cm³/mol. The second kappa shape index (κ2) is 5.64. The third kappa shape index (κ3) is 2.40. The largest absolute Gasteiger partial charge is 0.383 e. The van der Waals surface area contributed by atoms with Crippen molar-refractivity contribution in [1.29, 1.82) is 5.26 Å². The summed E-state index contributed by atoms with van der Waals surface area (Å²) in [5.74, 6) is 2.86.